The van der Waals surface area contributed by atoms with E-state index in [2.05, 4.69) is 53.7 Å². The average molecular weight is 497 g/mol. The van der Waals surface area contributed by atoms with E-state index in [0.29, 0.717) is 23.3 Å². The number of fused-ring (bicyclic) bond motifs is 5. The Morgan fingerprint density at radius 3 is 2.42 bits per heavy atom. The summed E-state index contributed by atoms with van der Waals surface area (Å²) >= 11 is 0. The molecular formula is C32H48O4. The molecule has 7 unspecified atom stereocenters. The van der Waals surface area contributed by atoms with Crippen LogP contribution in [0.3, 0.4) is 0 Å². The number of carboxylic acids is 1. The highest BCUT2D eigenvalue weighted by atomic mass is 16.5. The Labute approximate surface area is 218 Å². The van der Waals surface area contributed by atoms with Crippen LogP contribution in [-0.4, -0.2) is 23.1 Å². The summed E-state index contributed by atoms with van der Waals surface area (Å²) in [5.41, 5.74) is 4.11. The molecule has 0 amide bonds. The first-order chi connectivity index (χ1) is 16.7. The molecule has 36 heavy (non-hydrogen) atoms. The van der Waals surface area contributed by atoms with Gasteiger partial charge in [0.05, 0.1) is 0 Å². The zero-order chi connectivity index (χ0) is 26.7. The zero-order valence-electron chi connectivity index (χ0n) is 23.9. The fraction of sp³-hybridized carbons (Fsp3) is 0.750. The molecule has 2 saturated carbocycles. The molecule has 0 aromatic heterocycles. The molecule has 2 fully saturated rings. The average Bonchev–Trinajstić information content (AvgIpc) is 3.07. The summed E-state index contributed by atoms with van der Waals surface area (Å²) in [7, 11) is 0. The molecule has 1 N–H and O–H groups in total. The largest absolute Gasteiger partial charge is 0.478 e. The van der Waals surface area contributed by atoms with Crippen LogP contribution >= 0.6 is 0 Å². The van der Waals surface area contributed by atoms with Crippen molar-refractivity contribution in [1.29, 1.82) is 0 Å². The van der Waals surface area contributed by atoms with Gasteiger partial charge in [-0.25, -0.2) is 4.79 Å². The summed E-state index contributed by atoms with van der Waals surface area (Å²) in [6.07, 6.45) is 15.6. The van der Waals surface area contributed by atoms with Gasteiger partial charge in [0.25, 0.3) is 0 Å². The SMILES string of the molecule is CC(=O)OC1CCC2(C)C3=CCC4(C)C(C(C)CCC=C(C)C(=O)O)CCC4(C)C3=CCC2C1(C)C. The quantitative estimate of drug-likeness (QED) is 0.300. The van der Waals surface area contributed by atoms with E-state index < -0.39 is 5.97 Å². The fourth-order valence-corrected chi connectivity index (χ4v) is 9.19. The molecule has 0 heterocycles. The molecule has 0 radical (unpaired) electrons. The smallest absolute Gasteiger partial charge is 0.330 e. The van der Waals surface area contributed by atoms with Crippen LogP contribution in [0.2, 0.25) is 0 Å². The van der Waals surface area contributed by atoms with Crippen LogP contribution in [0.4, 0.5) is 0 Å². The summed E-state index contributed by atoms with van der Waals surface area (Å²) in [5, 5.41) is 9.18. The molecular weight excluding hydrogens is 448 g/mol. The van der Waals surface area contributed by atoms with Gasteiger partial charge >= 0.3 is 11.9 Å². The van der Waals surface area contributed by atoms with Crippen molar-refractivity contribution in [3.05, 3.63) is 34.9 Å². The van der Waals surface area contributed by atoms with Gasteiger partial charge < -0.3 is 9.84 Å². The minimum atomic E-state index is -0.811. The second kappa shape index (κ2) is 9.17. The number of ether oxygens (including phenoxy) is 1. The maximum atomic E-state index is 11.8. The van der Waals surface area contributed by atoms with E-state index >= 15 is 0 Å². The Kier molecular flexibility index (Phi) is 6.93. The molecule has 0 aromatic carbocycles. The number of esters is 1. The van der Waals surface area contributed by atoms with Gasteiger partial charge in [0, 0.05) is 17.9 Å². The monoisotopic (exact) mass is 496 g/mol. The predicted molar refractivity (Wildman–Crippen MR) is 144 cm³/mol. The van der Waals surface area contributed by atoms with E-state index in [-0.39, 0.29) is 33.7 Å². The predicted octanol–water partition coefficient (Wildman–Crippen LogP) is 7.89. The van der Waals surface area contributed by atoms with E-state index in [4.69, 9.17) is 4.74 Å². The number of carbonyl (C=O) groups excluding carboxylic acids is 1. The topological polar surface area (TPSA) is 63.6 Å². The molecule has 0 spiro atoms. The number of hydrogen-bond acceptors (Lipinski definition) is 3. The van der Waals surface area contributed by atoms with Gasteiger partial charge in [-0.2, -0.15) is 0 Å². The van der Waals surface area contributed by atoms with Gasteiger partial charge in [-0.15, -0.1) is 0 Å². The summed E-state index contributed by atoms with van der Waals surface area (Å²) in [4.78, 5) is 23.0. The molecule has 4 heteroatoms. The van der Waals surface area contributed by atoms with Crippen LogP contribution < -0.4 is 0 Å². The highest BCUT2D eigenvalue weighted by Crippen LogP contribution is 2.71. The fourth-order valence-electron chi connectivity index (χ4n) is 9.19. The van der Waals surface area contributed by atoms with Crippen molar-refractivity contribution in [2.45, 2.75) is 113 Å². The molecule has 4 rings (SSSR count). The summed E-state index contributed by atoms with van der Waals surface area (Å²) in [5.74, 6) is 0.695. The number of aliphatic carboxylic acids is 1. The summed E-state index contributed by atoms with van der Waals surface area (Å²) < 4.78 is 5.83. The van der Waals surface area contributed by atoms with Crippen LogP contribution in [0.1, 0.15) is 107 Å². The van der Waals surface area contributed by atoms with Crippen molar-refractivity contribution in [3.8, 4) is 0 Å². The lowest BCUT2D eigenvalue weighted by Crippen LogP contribution is -2.55. The van der Waals surface area contributed by atoms with Gasteiger partial charge in [-0.05, 0) is 103 Å². The second-order valence-electron chi connectivity index (χ2n) is 13.7. The number of allylic oxidation sites excluding steroid dienone is 5. The standard InChI is InChI=1S/C32H48O4/c1-20(10-9-11-21(2)28(34)35)23-14-18-32(8)25-12-13-26-29(4,5)27(36-22(3)33)16-17-30(26,6)24(25)15-19-31(23,32)7/h11-12,15,20,23,26-27H,9-10,13-14,16-19H2,1-8H3,(H,34,35). The molecule has 4 aliphatic rings. The third-order valence-corrected chi connectivity index (χ3v) is 11.6. The highest BCUT2D eigenvalue weighted by molar-refractivity contribution is 5.85. The molecule has 4 nitrogen and oxygen atoms in total. The Morgan fingerprint density at radius 2 is 1.78 bits per heavy atom. The van der Waals surface area contributed by atoms with Crippen LogP contribution in [0, 0.1) is 39.4 Å². The van der Waals surface area contributed by atoms with E-state index in [1.807, 2.05) is 6.08 Å². The molecule has 0 bridgehead atoms. The van der Waals surface area contributed by atoms with Crippen molar-refractivity contribution >= 4 is 11.9 Å². The first-order valence-corrected chi connectivity index (χ1v) is 14.2. The van der Waals surface area contributed by atoms with E-state index in [1.54, 1.807) is 18.1 Å². The van der Waals surface area contributed by atoms with Crippen molar-refractivity contribution in [2.75, 3.05) is 0 Å². The number of carboxylic acid groups (broad SMARTS) is 1. The minimum Gasteiger partial charge on any atom is -0.478 e. The maximum Gasteiger partial charge on any atom is 0.330 e. The van der Waals surface area contributed by atoms with E-state index in [0.717, 1.165) is 38.5 Å². The lowest BCUT2D eigenvalue weighted by atomic mass is 9.44. The lowest BCUT2D eigenvalue weighted by Gasteiger charge is -2.61. The number of carbonyl (C=O) groups is 2. The van der Waals surface area contributed by atoms with Crippen LogP contribution in [0.5, 0.6) is 0 Å². The van der Waals surface area contributed by atoms with Crippen molar-refractivity contribution in [2.24, 2.45) is 39.4 Å². The normalized spacial score (nSPS) is 40.2. The first-order valence-electron chi connectivity index (χ1n) is 14.2. The van der Waals surface area contributed by atoms with Gasteiger partial charge in [-0.3, -0.25) is 4.79 Å². The second-order valence-corrected chi connectivity index (χ2v) is 13.7. The Bertz CT molecular complexity index is 1020. The zero-order valence-corrected chi connectivity index (χ0v) is 23.9. The number of rotatable bonds is 6. The van der Waals surface area contributed by atoms with Gasteiger partial charge in [0.15, 0.2) is 0 Å². The third-order valence-electron chi connectivity index (χ3n) is 11.6. The van der Waals surface area contributed by atoms with Crippen LogP contribution in [0.25, 0.3) is 0 Å². The Morgan fingerprint density at radius 1 is 1.08 bits per heavy atom. The number of hydrogen-bond donors (Lipinski definition) is 1. The lowest BCUT2D eigenvalue weighted by molar-refractivity contribution is -0.165. The maximum absolute atomic E-state index is 11.8. The highest BCUT2D eigenvalue weighted by Gasteiger charge is 2.63. The van der Waals surface area contributed by atoms with Crippen LogP contribution in [0.15, 0.2) is 34.9 Å². The van der Waals surface area contributed by atoms with Crippen molar-refractivity contribution in [1.82, 2.24) is 0 Å². The first kappa shape index (κ1) is 27.2. The van der Waals surface area contributed by atoms with E-state index in [1.165, 1.54) is 19.8 Å². The third kappa shape index (κ3) is 4.02. The van der Waals surface area contributed by atoms with Gasteiger partial charge in [-0.1, -0.05) is 59.8 Å². The van der Waals surface area contributed by atoms with E-state index in [9.17, 15) is 14.7 Å². The molecule has 200 valence electrons. The summed E-state index contributed by atoms with van der Waals surface area (Å²) in [6, 6.07) is 0. The van der Waals surface area contributed by atoms with Crippen molar-refractivity contribution < 1.29 is 19.4 Å². The molecule has 7 atom stereocenters. The Balaban J connectivity index is 1.60. The summed E-state index contributed by atoms with van der Waals surface area (Å²) in [6.45, 7) is 17.8. The van der Waals surface area contributed by atoms with Crippen LogP contribution in [-0.2, 0) is 14.3 Å². The minimum absolute atomic E-state index is 0.0106. The molecule has 0 aliphatic heterocycles. The van der Waals surface area contributed by atoms with Crippen molar-refractivity contribution in [3.63, 3.8) is 0 Å². The molecule has 4 aliphatic carbocycles. The van der Waals surface area contributed by atoms with Gasteiger partial charge in [0.2, 0.25) is 0 Å². The molecule has 0 saturated heterocycles. The van der Waals surface area contributed by atoms with Gasteiger partial charge in [0.1, 0.15) is 6.10 Å². The Hall–Kier alpha value is -1.84. The molecule has 0 aromatic rings.